The molecule has 0 heterocycles. The molecule has 7 heteroatoms. The fraction of sp³-hybridized carbons (Fsp3) is 0.0714. The number of rotatable bonds is 3. The quantitative estimate of drug-likeness (QED) is 0.747. The Hall–Kier alpha value is -2.56. The van der Waals surface area contributed by atoms with Crippen molar-refractivity contribution >= 4 is 27.1 Å². The number of nitrogen functional groups attached to an aromatic ring is 1. The summed E-state index contributed by atoms with van der Waals surface area (Å²) in [7, 11) is -3.91. The van der Waals surface area contributed by atoms with Crippen molar-refractivity contribution in [3.05, 3.63) is 47.5 Å². The molecule has 2 rings (SSSR count). The van der Waals surface area contributed by atoms with Gasteiger partial charge in [-0.1, -0.05) is 6.07 Å². The Kier molecular flexibility index (Phi) is 3.84. The maximum absolute atomic E-state index is 11.6. The number of aryl methyl sites for hydroxylation is 1. The molecule has 0 aliphatic heterocycles. The highest BCUT2D eigenvalue weighted by Gasteiger charge is 2.15. The lowest BCUT2D eigenvalue weighted by molar-refractivity contribution is 0.598. The van der Waals surface area contributed by atoms with Gasteiger partial charge in [0.05, 0.1) is 17.3 Å². The van der Waals surface area contributed by atoms with E-state index < -0.39 is 10.0 Å². The molecule has 2 aromatic carbocycles. The average Bonchev–Trinajstić information content (AvgIpc) is 2.42. The van der Waals surface area contributed by atoms with E-state index >= 15 is 0 Å². The van der Waals surface area contributed by atoms with Gasteiger partial charge < -0.3 is 11.1 Å². The summed E-state index contributed by atoms with van der Waals surface area (Å²) in [6, 6.07) is 11.5. The molecule has 0 radical (unpaired) electrons. The second-order valence-electron chi connectivity index (χ2n) is 4.57. The number of benzene rings is 2. The van der Waals surface area contributed by atoms with Crippen LogP contribution in [0, 0.1) is 18.3 Å². The number of hydrogen-bond acceptors (Lipinski definition) is 5. The molecule has 0 fully saturated rings. The number of sulfonamides is 1. The lowest BCUT2D eigenvalue weighted by Crippen LogP contribution is -2.14. The van der Waals surface area contributed by atoms with Gasteiger partial charge in [0.25, 0.3) is 0 Å². The zero-order chi connectivity index (χ0) is 15.6. The molecule has 0 spiro atoms. The van der Waals surface area contributed by atoms with Crippen LogP contribution in [-0.4, -0.2) is 8.42 Å². The lowest BCUT2D eigenvalue weighted by atomic mass is 10.1. The first-order chi connectivity index (χ1) is 9.81. The molecule has 0 amide bonds. The van der Waals surface area contributed by atoms with E-state index in [1.54, 1.807) is 24.3 Å². The summed E-state index contributed by atoms with van der Waals surface area (Å²) in [5, 5.41) is 17.1. The molecule has 21 heavy (non-hydrogen) atoms. The van der Waals surface area contributed by atoms with Crippen LogP contribution in [0.15, 0.2) is 41.3 Å². The first-order valence-electron chi connectivity index (χ1n) is 6.01. The number of nitrogens with one attached hydrogen (secondary N) is 1. The summed E-state index contributed by atoms with van der Waals surface area (Å²) in [6.07, 6.45) is 0. The van der Waals surface area contributed by atoms with Crippen LogP contribution < -0.4 is 16.2 Å². The predicted molar refractivity (Wildman–Crippen MR) is 81.4 cm³/mol. The van der Waals surface area contributed by atoms with Gasteiger partial charge in [0.2, 0.25) is 10.0 Å². The highest BCUT2D eigenvalue weighted by atomic mass is 32.2. The first kappa shape index (κ1) is 14.8. The SMILES string of the molecule is Cc1ccc(C#N)cc1Nc1ccc(N)cc1S(N)(=O)=O. The van der Waals surface area contributed by atoms with Crippen molar-refractivity contribution in [3.63, 3.8) is 0 Å². The Morgan fingerprint density at radius 3 is 2.48 bits per heavy atom. The van der Waals surface area contributed by atoms with Crippen molar-refractivity contribution in [1.29, 1.82) is 5.26 Å². The minimum atomic E-state index is -3.91. The van der Waals surface area contributed by atoms with Crippen molar-refractivity contribution < 1.29 is 8.42 Å². The Bertz CT molecular complexity index is 839. The van der Waals surface area contributed by atoms with Crippen LogP contribution in [0.2, 0.25) is 0 Å². The number of nitrogens with zero attached hydrogens (tertiary/aromatic N) is 1. The summed E-state index contributed by atoms with van der Waals surface area (Å²) in [5.74, 6) is 0. The zero-order valence-corrected chi connectivity index (χ0v) is 12.1. The van der Waals surface area contributed by atoms with Gasteiger partial charge in [-0.05, 0) is 42.8 Å². The number of anilines is 3. The molecule has 0 unspecified atom stereocenters. The summed E-state index contributed by atoms with van der Waals surface area (Å²) >= 11 is 0. The molecular formula is C14H14N4O2S. The van der Waals surface area contributed by atoms with Crippen molar-refractivity contribution in [1.82, 2.24) is 0 Å². The third-order valence-corrected chi connectivity index (χ3v) is 3.90. The zero-order valence-electron chi connectivity index (χ0n) is 11.3. The van der Waals surface area contributed by atoms with Crippen LogP contribution in [-0.2, 0) is 10.0 Å². The van der Waals surface area contributed by atoms with Gasteiger partial charge in [0, 0.05) is 11.4 Å². The molecule has 6 nitrogen and oxygen atoms in total. The van der Waals surface area contributed by atoms with Crippen LogP contribution in [0.4, 0.5) is 17.1 Å². The number of nitrogens with two attached hydrogens (primary N) is 2. The topological polar surface area (TPSA) is 122 Å². The molecule has 0 atom stereocenters. The molecular weight excluding hydrogens is 288 g/mol. The molecule has 0 aromatic heterocycles. The van der Waals surface area contributed by atoms with Crippen LogP contribution in [0.1, 0.15) is 11.1 Å². The molecule has 108 valence electrons. The van der Waals surface area contributed by atoms with Crippen molar-refractivity contribution in [2.45, 2.75) is 11.8 Å². The van der Waals surface area contributed by atoms with Crippen molar-refractivity contribution in [3.8, 4) is 6.07 Å². The molecule has 0 aliphatic carbocycles. The van der Waals surface area contributed by atoms with Crippen LogP contribution >= 0.6 is 0 Å². The number of hydrogen-bond donors (Lipinski definition) is 3. The minimum Gasteiger partial charge on any atom is -0.399 e. The van der Waals surface area contributed by atoms with Gasteiger partial charge >= 0.3 is 0 Å². The third-order valence-electron chi connectivity index (χ3n) is 2.95. The second kappa shape index (κ2) is 5.44. The van der Waals surface area contributed by atoms with E-state index in [1.807, 2.05) is 13.0 Å². The summed E-state index contributed by atoms with van der Waals surface area (Å²) in [6.45, 7) is 1.84. The highest BCUT2D eigenvalue weighted by Crippen LogP contribution is 2.28. The van der Waals surface area contributed by atoms with Crippen molar-refractivity contribution in [2.75, 3.05) is 11.1 Å². The molecule has 0 saturated carbocycles. The monoisotopic (exact) mass is 302 g/mol. The lowest BCUT2D eigenvalue weighted by Gasteiger charge is -2.13. The standard InChI is InChI=1S/C14H14N4O2S/c1-9-2-3-10(8-15)6-13(9)18-12-5-4-11(16)7-14(12)21(17,19)20/h2-7,18H,16H2,1H3,(H2,17,19,20). The largest absolute Gasteiger partial charge is 0.399 e. The fourth-order valence-corrected chi connectivity index (χ4v) is 2.57. The van der Waals surface area contributed by atoms with E-state index in [1.165, 1.54) is 12.1 Å². The van der Waals surface area contributed by atoms with Gasteiger partial charge in [-0.3, -0.25) is 0 Å². The van der Waals surface area contributed by atoms with Crippen LogP contribution in [0.3, 0.4) is 0 Å². The van der Waals surface area contributed by atoms with Gasteiger partial charge in [0.1, 0.15) is 4.90 Å². The molecule has 0 aliphatic rings. The van der Waals surface area contributed by atoms with Crippen LogP contribution in [0.5, 0.6) is 0 Å². The van der Waals surface area contributed by atoms with E-state index in [2.05, 4.69) is 5.32 Å². The molecule has 5 N–H and O–H groups in total. The van der Waals surface area contributed by atoms with Gasteiger partial charge in [-0.2, -0.15) is 5.26 Å². The van der Waals surface area contributed by atoms with E-state index in [0.29, 0.717) is 22.6 Å². The summed E-state index contributed by atoms with van der Waals surface area (Å²) in [5.41, 5.74) is 8.17. The third kappa shape index (κ3) is 3.31. The fourth-order valence-electron chi connectivity index (χ4n) is 1.85. The maximum atomic E-state index is 11.6. The molecule has 2 aromatic rings. The Balaban J connectivity index is 2.53. The highest BCUT2D eigenvalue weighted by molar-refractivity contribution is 7.89. The molecule has 0 saturated heterocycles. The first-order valence-corrected chi connectivity index (χ1v) is 7.56. The Morgan fingerprint density at radius 2 is 1.86 bits per heavy atom. The normalized spacial score (nSPS) is 10.9. The Morgan fingerprint density at radius 1 is 1.14 bits per heavy atom. The minimum absolute atomic E-state index is 0.0933. The van der Waals surface area contributed by atoms with E-state index in [4.69, 9.17) is 16.1 Å². The van der Waals surface area contributed by atoms with Gasteiger partial charge in [-0.25, -0.2) is 13.6 Å². The maximum Gasteiger partial charge on any atom is 0.240 e. The smallest absolute Gasteiger partial charge is 0.240 e. The second-order valence-corrected chi connectivity index (χ2v) is 6.10. The average molecular weight is 302 g/mol. The molecule has 0 bridgehead atoms. The summed E-state index contributed by atoms with van der Waals surface area (Å²) < 4.78 is 23.3. The van der Waals surface area contributed by atoms with Crippen molar-refractivity contribution in [2.24, 2.45) is 5.14 Å². The van der Waals surface area contributed by atoms with E-state index in [9.17, 15) is 8.42 Å². The number of nitriles is 1. The van der Waals surface area contributed by atoms with Gasteiger partial charge in [0.15, 0.2) is 0 Å². The van der Waals surface area contributed by atoms with E-state index in [0.717, 1.165) is 5.56 Å². The Labute approximate surface area is 123 Å². The summed E-state index contributed by atoms with van der Waals surface area (Å²) in [4.78, 5) is -0.0933. The van der Waals surface area contributed by atoms with Gasteiger partial charge in [-0.15, -0.1) is 0 Å². The van der Waals surface area contributed by atoms with Crippen LogP contribution in [0.25, 0.3) is 0 Å². The predicted octanol–water partition coefficient (Wildman–Crippen LogP) is 1.84. The van der Waals surface area contributed by atoms with E-state index in [-0.39, 0.29) is 4.90 Å². The number of primary sulfonamides is 1.